The largest absolute Gasteiger partial charge is 0.309 e. The quantitative estimate of drug-likeness (QED) is 0.701. The van der Waals surface area contributed by atoms with Crippen molar-refractivity contribution in [2.45, 2.75) is 56.7 Å². The molecule has 84 valence electrons. The maximum atomic E-state index is 3.69. The first-order chi connectivity index (χ1) is 7.23. The van der Waals surface area contributed by atoms with Crippen LogP contribution in [0.3, 0.4) is 0 Å². The van der Waals surface area contributed by atoms with Gasteiger partial charge in [0.2, 0.25) is 0 Å². The molecule has 0 aromatic carbocycles. The van der Waals surface area contributed by atoms with E-state index in [0.717, 1.165) is 23.9 Å². The normalized spacial score (nSPS) is 58.2. The van der Waals surface area contributed by atoms with E-state index in [9.17, 15) is 0 Å². The first-order valence-electron chi connectivity index (χ1n) is 6.74. The molecule has 0 aromatic heterocycles. The maximum absolute atomic E-state index is 3.69. The number of piperazine rings is 1. The van der Waals surface area contributed by atoms with Gasteiger partial charge in [-0.1, -0.05) is 6.42 Å². The third-order valence-electron chi connectivity index (χ3n) is 5.58. The molecule has 1 N–H and O–H groups in total. The van der Waals surface area contributed by atoms with E-state index in [4.69, 9.17) is 0 Å². The van der Waals surface area contributed by atoms with E-state index in [1.807, 2.05) is 0 Å². The fourth-order valence-corrected chi connectivity index (χ4v) is 4.92. The summed E-state index contributed by atoms with van der Waals surface area (Å²) in [4.78, 5) is 2.88. The standard InChI is InChI=1S/C13H22N2/c1-13-6-11(7-14-13)15(8-13)12-5-9-2-3-10(12)4-9/h9-12,14H,2-8H2,1H3/t9?,10?,11-,12?,13-/m0/s1. The van der Waals surface area contributed by atoms with Crippen LogP contribution in [0.1, 0.15) is 39.0 Å². The predicted octanol–water partition coefficient (Wildman–Crippen LogP) is 1.61. The van der Waals surface area contributed by atoms with Crippen molar-refractivity contribution in [2.75, 3.05) is 13.1 Å². The summed E-state index contributed by atoms with van der Waals surface area (Å²) >= 11 is 0. The van der Waals surface area contributed by atoms with Crippen LogP contribution >= 0.6 is 0 Å². The Hall–Kier alpha value is -0.0800. The molecule has 0 amide bonds. The summed E-state index contributed by atoms with van der Waals surface area (Å²) in [5.74, 6) is 2.16. The average Bonchev–Trinajstić information content (AvgIpc) is 2.92. The Morgan fingerprint density at radius 2 is 2.20 bits per heavy atom. The molecule has 0 spiro atoms. The van der Waals surface area contributed by atoms with Crippen LogP contribution in [0.4, 0.5) is 0 Å². The molecule has 3 unspecified atom stereocenters. The molecule has 2 heteroatoms. The molecule has 4 bridgehead atoms. The van der Waals surface area contributed by atoms with E-state index < -0.39 is 0 Å². The van der Waals surface area contributed by atoms with Crippen molar-refractivity contribution in [1.82, 2.24) is 10.2 Å². The Morgan fingerprint density at radius 3 is 2.73 bits per heavy atom. The number of hydrogen-bond donors (Lipinski definition) is 1. The zero-order chi connectivity index (χ0) is 10.0. The third kappa shape index (κ3) is 1.18. The van der Waals surface area contributed by atoms with E-state index in [-0.39, 0.29) is 0 Å². The minimum absolute atomic E-state index is 0.465. The third-order valence-corrected chi connectivity index (χ3v) is 5.58. The van der Waals surface area contributed by atoms with Crippen molar-refractivity contribution in [2.24, 2.45) is 11.8 Å². The van der Waals surface area contributed by atoms with Gasteiger partial charge >= 0.3 is 0 Å². The number of nitrogens with one attached hydrogen (secondary N) is 1. The van der Waals surface area contributed by atoms with Gasteiger partial charge in [0.1, 0.15) is 0 Å². The van der Waals surface area contributed by atoms with Crippen LogP contribution < -0.4 is 5.32 Å². The van der Waals surface area contributed by atoms with Crippen molar-refractivity contribution in [3.8, 4) is 0 Å². The molecular weight excluding hydrogens is 184 g/mol. The second kappa shape index (κ2) is 2.78. The van der Waals surface area contributed by atoms with Gasteiger partial charge in [0.15, 0.2) is 0 Å². The highest BCUT2D eigenvalue weighted by Crippen LogP contribution is 2.49. The Balaban J connectivity index is 1.55. The summed E-state index contributed by atoms with van der Waals surface area (Å²) in [7, 11) is 0. The summed E-state index contributed by atoms with van der Waals surface area (Å²) in [6, 6.07) is 1.84. The van der Waals surface area contributed by atoms with Gasteiger partial charge in [0.05, 0.1) is 0 Å². The fraction of sp³-hybridized carbons (Fsp3) is 1.00. The Kier molecular flexibility index (Phi) is 1.67. The van der Waals surface area contributed by atoms with E-state index in [0.29, 0.717) is 5.54 Å². The summed E-state index contributed by atoms with van der Waals surface area (Å²) in [6.45, 7) is 5.00. The van der Waals surface area contributed by atoms with Gasteiger partial charge in [0.25, 0.3) is 0 Å². The molecule has 2 saturated heterocycles. The van der Waals surface area contributed by atoms with E-state index in [1.54, 1.807) is 6.42 Å². The van der Waals surface area contributed by atoms with Gasteiger partial charge in [0, 0.05) is 30.7 Å². The number of nitrogens with zero attached hydrogens (tertiary/aromatic N) is 1. The molecule has 2 heterocycles. The predicted molar refractivity (Wildman–Crippen MR) is 60.8 cm³/mol. The lowest BCUT2D eigenvalue weighted by molar-refractivity contribution is 0.103. The number of fused-ring (bicyclic) bond motifs is 4. The van der Waals surface area contributed by atoms with Crippen molar-refractivity contribution in [3.05, 3.63) is 0 Å². The van der Waals surface area contributed by atoms with Gasteiger partial charge < -0.3 is 5.32 Å². The Labute approximate surface area is 92.4 Å². The zero-order valence-electron chi connectivity index (χ0n) is 9.71. The molecule has 4 rings (SSSR count). The maximum Gasteiger partial charge on any atom is 0.0296 e. The molecule has 0 aromatic rings. The molecule has 4 fully saturated rings. The molecule has 2 nitrogen and oxygen atoms in total. The fourth-order valence-electron chi connectivity index (χ4n) is 4.92. The van der Waals surface area contributed by atoms with Gasteiger partial charge in [-0.15, -0.1) is 0 Å². The molecule has 2 saturated carbocycles. The lowest BCUT2D eigenvalue weighted by Gasteiger charge is -2.39. The molecule has 0 radical (unpaired) electrons. The highest BCUT2D eigenvalue weighted by molar-refractivity contribution is 5.10. The monoisotopic (exact) mass is 206 g/mol. The minimum Gasteiger partial charge on any atom is -0.309 e. The van der Waals surface area contributed by atoms with Crippen LogP contribution in [0.25, 0.3) is 0 Å². The smallest absolute Gasteiger partial charge is 0.0296 e. The number of likely N-dealkylation sites (tertiary alicyclic amines) is 1. The first kappa shape index (κ1) is 9.00. The molecule has 5 atom stereocenters. The highest BCUT2D eigenvalue weighted by atomic mass is 15.3. The topological polar surface area (TPSA) is 15.3 Å². The van der Waals surface area contributed by atoms with Crippen molar-refractivity contribution < 1.29 is 0 Å². The van der Waals surface area contributed by atoms with E-state index in [2.05, 4.69) is 17.1 Å². The second-order valence-corrected chi connectivity index (χ2v) is 6.71. The Bertz CT molecular complexity index is 290. The molecule has 4 aliphatic rings. The van der Waals surface area contributed by atoms with Crippen molar-refractivity contribution in [3.63, 3.8) is 0 Å². The van der Waals surface area contributed by atoms with E-state index in [1.165, 1.54) is 38.8 Å². The zero-order valence-corrected chi connectivity index (χ0v) is 9.71. The summed E-state index contributed by atoms with van der Waals surface area (Å²) in [5, 5.41) is 3.69. The first-order valence-corrected chi connectivity index (χ1v) is 6.74. The van der Waals surface area contributed by atoms with Gasteiger partial charge in [-0.2, -0.15) is 0 Å². The Morgan fingerprint density at radius 1 is 1.27 bits per heavy atom. The second-order valence-electron chi connectivity index (χ2n) is 6.71. The van der Waals surface area contributed by atoms with Crippen LogP contribution in [-0.4, -0.2) is 35.6 Å². The minimum atomic E-state index is 0.465. The van der Waals surface area contributed by atoms with Crippen LogP contribution in [0, 0.1) is 11.8 Å². The number of hydrogen-bond acceptors (Lipinski definition) is 2. The van der Waals surface area contributed by atoms with Crippen molar-refractivity contribution >= 4 is 0 Å². The average molecular weight is 206 g/mol. The molecule has 2 aliphatic carbocycles. The van der Waals surface area contributed by atoms with Crippen LogP contribution in [0.15, 0.2) is 0 Å². The molecular formula is C13H22N2. The molecule has 2 aliphatic heterocycles. The van der Waals surface area contributed by atoms with Crippen LogP contribution in [-0.2, 0) is 0 Å². The lowest BCUT2D eigenvalue weighted by atomic mass is 9.93. The van der Waals surface area contributed by atoms with Gasteiger partial charge in [-0.05, 0) is 44.4 Å². The lowest BCUT2D eigenvalue weighted by Crippen LogP contribution is -2.54. The highest BCUT2D eigenvalue weighted by Gasteiger charge is 2.52. The van der Waals surface area contributed by atoms with Gasteiger partial charge in [-0.25, -0.2) is 0 Å². The number of rotatable bonds is 1. The SMILES string of the molecule is C[C@@]12C[C@@H](CN1)N(C1CC3CCC1C3)C2. The summed E-state index contributed by atoms with van der Waals surface area (Å²) in [5.41, 5.74) is 0.465. The van der Waals surface area contributed by atoms with Crippen molar-refractivity contribution in [1.29, 1.82) is 0 Å². The van der Waals surface area contributed by atoms with Crippen LogP contribution in [0.5, 0.6) is 0 Å². The summed E-state index contributed by atoms with van der Waals surface area (Å²) in [6.07, 6.45) is 7.55. The molecule has 15 heavy (non-hydrogen) atoms. The van der Waals surface area contributed by atoms with E-state index >= 15 is 0 Å². The van der Waals surface area contributed by atoms with Crippen LogP contribution in [0.2, 0.25) is 0 Å². The van der Waals surface area contributed by atoms with Gasteiger partial charge in [-0.3, -0.25) is 4.90 Å². The summed E-state index contributed by atoms with van der Waals surface area (Å²) < 4.78 is 0.